The number of hydrogen-bond acceptors (Lipinski definition) is 2. The quantitative estimate of drug-likeness (QED) is 0.451. The van der Waals surface area contributed by atoms with Gasteiger partial charge in [-0.05, 0) is 53.4 Å². The van der Waals surface area contributed by atoms with Crippen molar-refractivity contribution >= 4 is 16.7 Å². The maximum absolute atomic E-state index is 13.2. The summed E-state index contributed by atoms with van der Waals surface area (Å²) >= 11 is 0. The van der Waals surface area contributed by atoms with Crippen molar-refractivity contribution in [2.45, 2.75) is 19.9 Å². The number of halogens is 2. The second kappa shape index (κ2) is 7.35. The number of ketones is 1. The standard InChI is InChI=1S/C23H18F2N2O/c1-15(28)22-11-23-21(12-26-22)18(10-16-2-6-19(24)7-3-16)14-27(23)13-17-4-8-20(25)9-5-17/h2-9,11-12,14H,10,13H2,1H3. The Balaban J connectivity index is 1.77. The van der Waals surface area contributed by atoms with Crippen LogP contribution in [0.4, 0.5) is 8.78 Å². The third-order valence-electron chi connectivity index (χ3n) is 4.78. The molecule has 0 fully saturated rings. The average Bonchev–Trinajstić information content (AvgIpc) is 3.02. The predicted molar refractivity (Wildman–Crippen MR) is 104 cm³/mol. The normalized spacial score (nSPS) is 11.1. The molecule has 0 atom stereocenters. The van der Waals surface area contributed by atoms with Crippen molar-refractivity contribution in [2.24, 2.45) is 0 Å². The molecule has 0 aliphatic carbocycles. The number of carbonyl (C=O) groups excluding carboxylic acids is 1. The lowest BCUT2D eigenvalue weighted by atomic mass is 10.0. The highest BCUT2D eigenvalue weighted by Gasteiger charge is 2.13. The lowest BCUT2D eigenvalue weighted by Gasteiger charge is -2.06. The molecule has 0 aliphatic heterocycles. The van der Waals surface area contributed by atoms with Gasteiger partial charge in [0.25, 0.3) is 0 Å². The molecule has 140 valence electrons. The molecule has 0 saturated carbocycles. The van der Waals surface area contributed by atoms with Gasteiger partial charge in [-0.1, -0.05) is 24.3 Å². The first kappa shape index (κ1) is 18.0. The molecule has 2 aromatic carbocycles. The fourth-order valence-electron chi connectivity index (χ4n) is 3.33. The van der Waals surface area contributed by atoms with Crippen LogP contribution in [0.1, 0.15) is 34.1 Å². The molecule has 28 heavy (non-hydrogen) atoms. The van der Waals surface area contributed by atoms with Gasteiger partial charge in [-0.3, -0.25) is 9.78 Å². The van der Waals surface area contributed by atoms with Crippen molar-refractivity contribution in [3.05, 3.63) is 101 Å². The van der Waals surface area contributed by atoms with Gasteiger partial charge in [-0.25, -0.2) is 8.78 Å². The summed E-state index contributed by atoms with van der Waals surface area (Å²) in [5.41, 5.74) is 4.26. The van der Waals surface area contributed by atoms with Gasteiger partial charge in [0.05, 0.1) is 5.52 Å². The Kier molecular flexibility index (Phi) is 4.74. The van der Waals surface area contributed by atoms with Crippen LogP contribution < -0.4 is 0 Å². The van der Waals surface area contributed by atoms with E-state index < -0.39 is 0 Å². The first-order valence-electron chi connectivity index (χ1n) is 8.97. The second-order valence-corrected chi connectivity index (χ2v) is 6.85. The lowest BCUT2D eigenvalue weighted by Crippen LogP contribution is -2.00. The van der Waals surface area contributed by atoms with E-state index in [0.29, 0.717) is 18.7 Å². The van der Waals surface area contributed by atoms with Crippen molar-refractivity contribution in [1.82, 2.24) is 9.55 Å². The van der Waals surface area contributed by atoms with Crippen LogP contribution in [0.2, 0.25) is 0 Å². The number of rotatable bonds is 5. The zero-order valence-corrected chi connectivity index (χ0v) is 15.3. The zero-order valence-electron chi connectivity index (χ0n) is 15.3. The molecule has 0 bridgehead atoms. The molecule has 4 rings (SSSR count). The number of benzene rings is 2. The highest BCUT2D eigenvalue weighted by atomic mass is 19.1. The lowest BCUT2D eigenvalue weighted by molar-refractivity contribution is 0.101. The van der Waals surface area contributed by atoms with Gasteiger partial charge in [0.15, 0.2) is 5.78 Å². The van der Waals surface area contributed by atoms with E-state index in [1.54, 1.807) is 36.5 Å². The Bertz CT molecular complexity index is 1150. The summed E-state index contributed by atoms with van der Waals surface area (Å²) in [6.07, 6.45) is 4.35. The highest BCUT2D eigenvalue weighted by Crippen LogP contribution is 2.25. The number of aromatic nitrogens is 2. The molecule has 0 saturated heterocycles. The molecule has 0 spiro atoms. The number of fused-ring (bicyclic) bond motifs is 1. The van der Waals surface area contributed by atoms with E-state index in [0.717, 1.165) is 27.6 Å². The molecule has 0 aliphatic rings. The van der Waals surface area contributed by atoms with Crippen molar-refractivity contribution < 1.29 is 13.6 Å². The smallest absolute Gasteiger partial charge is 0.178 e. The second-order valence-electron chi connectivity index (χ2n) is 6.85. The van der Waals surface area contributed by atoms with Crippen molar-refractivity contribution in [1.29, 1.82) is 0 Å². The van der Waals surface area contributed by atoms with Crippen LogP contribution in [0.5, 0.6) is 0 Å². The van der Waals surface area contributed by atoms with E-state index in [1.807, 2.05) is 10.8 Å². The Morgan fingerprint density at radius 2 is 1.57 bits per heavy atom. The molecule has 2 aromatic heterocycles. The SMILES string of the molecule is CC(=O)c1cc2c(cn1)c(Cc1ccc(F)cc1)cn2Cc1ccc(F)cc1. The molecule has 0 unspecified atom stereocenters. The van der Waals surface area contributed by atoms with E-state index in [2.05, 4.69) is 4.98 Å². The molecular weight excluding hydrogens is 358 g/mol. The Hall–Kier alpha value is -3.34. The summed E-state index contributed by atoms with van der Waals surface area (Å²) in [5.74, 6) is -0.645. The van der Waals surface area contributed by atoms with Crippen LogP contribution in [-0.4, -0.2) is 15.3 Å². The van der Waals surface area contributed by atoms with Gasteiger partial charge in [-0.15, -0.1) is 0 Å². The molecule has 0 N–H and O–H groups in total. The number of pyridine rings is 1. The maximum Gasteiger partial charge on any atom is 0.178 e. The molecule has 3 nitrogen and oxygen atoms in total. The van der Waals surface area contributed by atoms with Gasteiger partial charge in [0, 0.05) is 31.2 Å². The van der Waals surface area contributed by atoms with Crippen molar-refractivity contribution in [3.8, 4) is 0 Å². The summed E-state index contributed by atoms with van der Waals surface area (Å²) in [7, 11) is 0. The van der Waals surface area contributed by atoms with E-state index >= 15 is 0 Å². The molecule has 5 heteroatoms. The fraction of sp³-hybridized carbons (Fsp3) is 0.130. The monoisotopic (exact) mass is 376 g/mol. The topological polar surface area (TPSA) is 34.9 Å². The first-order chi connectivity index (χ1) is 13.5. The summed E-state index contributed by atoms with van der Waals surface area (Å²) in [5, 5.41) is 0.941. The fourth-order valence-corrected chi connectivity index (χ4v) is 3.33. The Morgan fingerprint density at radius 3 is 2.18 bits per heavy atom. The Morgan fingerprint density at radius 1 is 0.964 bits per heavy atom. The summed E-state index contributed by atoms with van der Waals surface area (Å²) < 4.78 is 28.5. The molecule has 4 aromatic rings. The van der Waals surface area contributed by atoms with Crippen LogP contribution in [0.3, 0.4) is 0 Å². The van der Waals surface area contributed by atoms with Gasteiger partial charge in [0.2, 0.25) is 0 Å². The van der Waals surface area contributed by atoms with Crippen LogP contribution in [0.25, 0.3) is 10.9 Å². The first-order valence-corrected chi connectivity index (χ1v) is 8.97. The van der Waals surface area contributed by atoms with Gasteiger partial charge >= 0.3 is 0 Å². The third kappa shape index (κ3) is 3.69. The minimum absolute atomic E-state index is 0.100. The summed E-state index contributed by atoms with van der Waals surface area (Å²) in [6, 6.07) is 14.5. The largest absolute Gasteiger partial charge is 0.343 e. The minimum atomic E-state index is -0.277. The Labute approximate surface area is 161 Å². The number of hydrogen-bond donors (Lipinski definition) is 0. The number of nitrogens with zero attached hydrogens (tertiary/aromatic N) is 2. The van der Waals surface area contributed by atoms with E-state index in [1.165, 1.54) is 31.2 Å². The predicted octanol–water partition coefficient (Wildman–Crippen LogP) is 5.16. The van der Waals surface area contributed by atoms with Gasteiger partial charge in [0.1, 0.15) is 17.3 Å². The molecule has 0 radical (unpaired) electrons. The maximum atomic E-state index is 13.2. The molecule has 0 amide bonds. The minimum Gasteiger partial charge on any atom is -0.343 e. The summed E-state index contributed by atoms with van der Waals surface area (Å²) in [4.78, 5) is 16.1. The number of Topliss-reactive ketones (excluding diaryl/α,β-unsaturated/α-hetero) is 1. The van der Waals surface area contributed by atoms with E-state index in [9.17, 15) is 13.6 Å². The van der Waals surface area contributed by atoms with Crippen LogP contribution >= 0.6 is 0 Å². The van der Waals surface area contributed by atoms with Gasteiger partial charge < -0.3 is 4.57 Å². The molecule has 2 heterocycles. The third-order valence-corrected chi connectivity index (χ3v) is 4.78. The van der Waals surface area contributed by atoms with E-state index in [4.69, 9.17) is 0 Å². The van der Waals surface area contributed by atoms with Crippen molar-refractivity contribution in [3.63, 3.8) is 0 Å². The zero-order chi connectivity index (χ0) is 19.7. The molecular formula is C23H18F2N2O. The summed E-state index contributed by atoms with van der Waals surface area (Å²) in [6.45, 7) is 2.03. The van der Waals surface area contributed by atoms with Crippen LogP contribution in [0, 0.1) is 11.6 Å². The van der Waals surface area contributed by atoms with E-state index in [-0.39, 0.29) is 17.4 Å². The highest BCUT2D eigenvalue weighted by molar-refractivity contribution is 5.96. The van der Waals surface area contributed by atoms with Crippen LogP contribution in [-0.2, 0) is 13.0 Å². The van der Waals surface area contributed by atoms with Crippen LogP contribution in [0.15, 0.2) is 67.0 Å². The average molecular weight is 376 g/mol. The number of carbonyl (C=O) groups is 1. The van der Waals surface area contributed by atoms with Crippen molar-refractivity contribution in [2.75, 3.05) is 0 Å². The van der Waals surface area contributed by atoms with Gasteiger partial charge in [-0.2, -0.15) is 0 Å².